The molecule has 3 heteroatoms. The van der Waals surface area contributed by atoms with Crippen LogP contribution in [0.5, 0.6) is 0 Å². The van der Waals surface area contributed by atoms with Crippen molar-refractivity contribution >= 4 is 11.3 Å². The second-order valence-electron chi connectivity index (χ2n) is 5.22. The van der Waals surface area contributed by atoms with E-state index in [9.17, 15) is 0 Å². The fourth-order valence-electron chi connectivity index (χ4n) is 1.49. The van der Waals surface area contributed by atoms with Gasteiger partial charge in [0.2, 0.25) is 0 Å². The normalized spacial score (nSPS) is 11.4. The first kappa shape index (κ1) is 13.2. The van der Waals surface area contributed by atoms with Gasteiger partial charge in [-0.1, -0.05) is 20.8 Å². The minimum atomic E-state index is 0.429. The van der Waals surface area contributed by atoms with Crippen molar-refractivity contribution < 1.29 is 0 Å². The maximum atomic E-state index is 8.69. The van der Waals surface area contributed by atoms with E-state index in [1.807, 2.05) is 12.1 Å². The molecule has 1 aromatic rings. The molecule has 0 aliphatic heterocycles. The zero-order valence-corrected chi connectivity index (χ0v) is 11.2. The molecule has 0 radical (unpaired) electrons. The summed E-state index contributed by atoms with van der Waals surface area (Å²) in [5.41, 5.74) is 0.429. The molecule has 88 valence electrons. The molecule has 0 unspecified atom stereocenters. The summed E-state index contributed by atoms with van der Waals surface area (Å²) < 4.78 is 0. The molecule has 0 aliphatic carbocycles. The van der Waals surface area contributed by atoms with E-state index in [0.717, 1.165) is 18.0 Å². The van der Waals surface area contributed by atoms with Gasteiger partial charge in [0.25, 0.3) is 0 Å². The van der Waals surface area contributed by atoms with Crippen molar-refractivity contribution in [3.8, 4) is 6.07 Å². The summed E-state index contributed by atoms with van der Waals surface area (Å²) in [5, 5.41) is 12.1. The molecule has 0 amide bonds. The van der Waals surface area contributed by atoms with Crippen LogP contribution in [0.2, 0.25) is 0 Å². The summed E-state index contributed by atoms with van der Waals surface area (Å²) in [6, 6.07) is 6.07. The van der Waals surface area contributed by atoms with E-state index in [0.29, 0.717) is 5.41 Å². The third-order valence-corrected chi connectivity index (χ3v) is 3.34. The van der Waals surface area contributed by atoms with Gasteiger partial charge in [-0.2, -0.15) is 5.26 Å². The zero-order valence-electron chi connectivity index (χ0n) is 10.3. The van der Waals surface area contributed by atoms with Crippen molar-refractivity contribution in [3.63, 3.8) is 0 Å². The van der Waals surface area contributed by atoms with Crippen molar-refractivity contribution in [1.29, 1.82) is 5.26 Å². The summed E-state index contributed by atoms with van der Waals surface area (Å²) in [7, 11) is 0. The quantitative estimate of drug-likeness (QED) is 0.794. The van der Waals surface area contributed by atoms with Crippen LogP contribution < -0.4 is 5.32 Å². The number of hydrogen-bond acceptors (Lipinski definition) is 3. The molecule has 2 nitrogen and oxygen atoms in total. The second-order valence-corrected chi connectivity index (χ2v) is 6.39. The van der Waals surface area contributed by atoms with E-state index in [1.165, 1.54) is 17.7 Å². The number of nitrogens with zero attached hydrogens (tertiary/aromatic N) is 1. The lowest BCUT2D eigenvalue weighted by atomic mass is 9.91. The summed E-state index contributed by atoms with van der Waals surface area (Å²) in [4.78, 5) is 2.04. The molecule has 0 atom stereocenters. The average molecular weight is 236 g/mol. The van der Waals surface area contributed by atoms with Crippen LogP contribution in [0.1, 0.15) is 43.4 Å². The molecule has 1 aromatic heterocycles. The first-order valence-electron chi connectivity index (χ1n) is 5.71. The Labute approximate surface area is 102 Å². The fourth-order valence-corrected chi connectivity index (χ4v) is 2.26. The molecule has 0 fully saturated rings. The first-order chi connectivity index (χ1) is 7.51. The maximum Gasteiger partial charge on any atom is 0.110 e. The fraction of sp³-hybridized carbons (Fsp3) is 0.615. The second kappa shape index (κ2) is 6.03. The molecule has 16 heavy (non-hydrogen) atoms. The van der Waals surface area contributed by atoms with Crippen molar-refractivity contribution in [2.75, 3.05) is 6.54 Å². The topological polar surface area (TPSA) is 35.8 Å². The molecular formula is C13H20N2S. The van der Waals surface area contributed by atoms with Gasteiger partial charge in [0.1, 0.15) is 10.9 Å². The predicted octanol–water partition coefficient (Wildman–Crippen LogP) is 3.54. The van der Waals surface area contributed by atoms with E-state index >= 15 is 0 Å². The molecule has 1 N–H and O–H groups in total. The van der Waals surface area contributed by atoms with Gasteiger partial charge < -0.3 is 5.32 Å². The molecular weight excluding hydrogens is 216 g/mol. The Kier molecular flexibility index (Phi) is 4.98. The Morgan fingerprint density at radius 3 is 2.69 bits per heavy atom. The highest BCUT2D eigenvalue weighted by Crippen LogP contribution is 2.20. The number of thiophene rings is 1. The van der Waals surface area contributed by atoms with Gasteiger partial charge in [-0.3, -0.25) is 0 Å². The highest BCUT2D eigenvalue weighted by Gasteiger charge is 2.08. The van der Waals surface area contributed by atoms with Crippen LogP contribution >= 0.6 is 11.3 Å². The minimum absolute atomic E-state index is 0.429. The maximum absolute atomic E-state index is 8.69. The Hall–Kier alpha value is -0.850. The highest BCUT2D eigenvalue weighted by molar-refractivity contribution is 7.12. The number of hydrogen-bond donors (Lipinski definition) is 1. The predicted molar refractivity (Wildman–Crippen MR) is 69.4 cm³/mol. The van der Waals surface area contributed by atoms with Crippen LogP contribution in [0.3, 0.4) is 0 Å². The third kappa shape index (κ3) is 5.29. The molecule has 0 saturated heterocycles. The van der Waals surface area contributed by atoms with Crippen LogP contribution in [-0.2, 0) is 6.54 Å². The van der Waals surface area contributed by atoms with Crippen molar-refractivity contribution in [2.45, 2.75) is 40.2 Å². The summed E-state index contributed by atoms with van der Waals surface area (Å²) in [6.07, 6.45) is 2.45. The van der Waals surface area contributed by atoms with E-state index in [2.05, 4.69) is 32.2 Å². The molecule has 0 bridgehead atoms. The smallest absolute Gasteiger partial charge is 0.110 e. The first-order valence-corrected chi connectivity index (χ1v) is 6.52. The van der Waals surface area contributed by atoms with E-state index in [1.54, 1.807) is 11.3 Å². The standard InChI is InChI=1S/C13H20N2S/c1-13(2,3)7-4-8-15-10-12-6-5-11(9-14)16-12/h5-6,15H,4,7-8,10H2,1-3H3. The molecule has 1 rings (SSSR count). The van der Waals surface area contributed by atoms with Crippen molar-refractivity contribution in [1.82, 2.24) is 5.32 Å². The van der Waals surface area contributed by atoms with E-state index < -0.39 is 0 Å². The zero-order chi connectivity index (χ0) is 12.0. The van der Waals surface area contributed by atoms with Crippen molar-refractivity contribution in [2.24, 2.45) is 5.41 Å². The van der Waals surface area contributed by atoms with Crippen LogP contribution in [-0.4, -0.2) is 6.54 Å². The largest absolute Gasteiger partial charge is 0.312 e. The van der Waals surface area contributed by atoms with Crippen LogP contribution in [0.4, 0.5) is 0 Å². The molecule has 0 aromatic carbocycles. The minimum Gasteiger partial charge on any atom is -0.312 e. The Morgan fingerprint density at radius 1 is 1.38 bits per heavy atom. The summed E-state index contributed by atoms with van der Waals surface area (Å²) >= 11 is 1.57. The SMILES string of the molecule is CC(C)(C)CCCNCc1ccc(C#N)s1. The van der Waals surface area contributed by atoms with Gasteiger partial charge in [-0.15, -0.1) is 11.3 Å². The lowest BCUT2D eigenvalue weighted by molar-refractivity contribution is 0.361. The Balaban J connectivity index is 2.14. The van der Waals surface area contributed by atoms with Gasteiger partial charge >= 0.3 is 0 Å². The lowest BCUT2D eigenvalue weighted by Gasteiger charge is -2.17. The molecule has 1 heterocycles. The number of nitrogens with one attached hydrogen (secondary N) is 1. The Bertz CT molecular complexity index is 355. The summed E-state index contributed by atoms with van der Waals surface area (Å²) in [6.45, 7) is 8.75. The van der Waals surface area contributed by atoms with Gasteiger partial charge in [-0.05, 0) is 36.9 Å². The third-order valence-electron chi connectivity index (χ3n) is 2.35. The Morgan fingerprint density at radius 2 is 2.12 bits per heavy atom. The number of rotatable bonds is 5. The molecule has 0 aliphatic rings. The van der Waals surface area contributed by atoms with Gasteiger partial charge in [0.05, 0.1) is 0 Å². The lowest BCUT2D eigenvalue weighted by Crippen LogP contribution is -2.16. The molecule has 0 spiro atoms. The van der Waals surface area contributed by atoms with E-state index in [4.69, 9.17) is 5.26 Å². The van der Waals surface area contributed by atoms with Gasteiger partial charge in [0, 0.05) is 11.4 Å². The monoisotopic (exact) mass is 236 g/mol. The average Bonchev–Trinajstić information content (AvgIpc) is 2.63. The molecule has 0 saturated carbocycles. The van der Waals surface area contributed by atoms with Gasteiger partial charge in [0.15, 0.2) is 0 Å². The van der Waals surface area contributed by atoms with Crippen molar-refractivity contribution in [3.05, 3.63) is 21.9 Å². The van der Waals surface area contributed by atoms with Gasteiger partial charge in [-0.25, -0.2) is 0 Å². The highest BCUT2D eigenvalue weighted by atomic mass is 32.1. The van der Waals surface area contributed by atoms with Crippen LogP contribution in [0, 0.1) is 16.7 Å². The van der Waals surface area contributed by atoms with Crippen LogP contribution in [0.25, 0.3) is 0 Å². The number of nitriles is 1. The van der Waals surface area contributed by atoms with E-state index in [-0.39, 0.29) is 0 Å². The summed E-state index contributed by atoms with van der Waals surface area (Å²) in [5.74, 6) is 0. The van der Waals surface area contributed by atoms with Crippen LogP contribution in [0.15, 0.2) is 12.1 Å².